The van der Waals surface area contributed by atoms with Gasteiger partial charge in [-0.25, -0.2) is 24.4 Å². The number of carboxylic acids is 2. The van der Waals surface area contributed by atoms with Crippen LogP contribution in [0.25, 0.3) is 33.2 Å². The van der Waals surface area contributed by atoms with E-state index in [4.69, 9.17) is 29.7 Å². The van der Waals surface area contributed by atoms with Crippen molar-refractivity contribution in [2.45, 2.75) is 153 Å². The third kappa shape index (κ3) is 24.8. The molecule has 9 atom stereocenters. The average Bonchev–Trinajstić information content (AvgIpc) is 1.56. The molecule has 0 spiro atoms. The number of H-pyrrole nitrogens is 3. The Morgan fingerprint density at radius 2 is 1.26 bits per heavy atom. The molecule has 18 N–H and O–H groups in total. The number of aliphatic carboxylic acids is 2. The number of anilines is 2. The summed E-state index contributed by atoms with van der Waals surface area (Å²) in [6.07, 6.45) is -2.19. The maximum Gasteiger partial charge on any atom is 0.407 e. The highest BCUT2D eigenvalue weighted by molar-refractivity contribution is 8.76. The molecule has 9 rings (SSSR count). The van der Waals surface area contributed by atoms with Crippen LogP contribution in [0.15, 0.2) is 53.5 Å². The molecule has 8 amide bonds. The van der Waals surface area contributed by atoms with Crippen LogP contribution in [0.1, 0.15) is 185 Å². The number of Topliss-reactive ketones (excluding diaryl/α,β-unsaturated/α-hetero) is 2. The minimum absolute atomic E-state index is 0.00240. The van der Waals surface area contributed by atoms with E-state index in [9.17, 15) is 98.7 Å². The summed E-state index contributed by atoms with van der Waals surface area (Å²) in [5, 5.41) is 42.0. The van der Waals surface area contributed by atoms with Crippen molar-refractivity contribution in [1.82, 2.24) is 82.4 Å². The van der Waals surface area contributed by atoms with Crippen molar-refractivity contribution in [1.29, 1.82) is 0 Å². The number of nitrogens with one attached hydrogen (secondary N) is 12. The number of hydrogen-bond acceptors (Lipinski definition) is 29. The number of rotatable bonds is 41. The Morgan fingerprint density at radius 1 is 0.645 bits per heavy atom. The largest absolute Gasteiger partial charge is 0.480 e. The van der Waals surface area contributed by atoms with Gasteiger partial charge in [-0.2, -0.15) is 21.8 Å². The van der Waals surface area contributed by atoms with Crippen molar-refractivity contribution >= 4 is 164 Å². The number of methoxy groups -OCH3 is 1. The summed E-state index contributed by atoms with van der Waals surface area (Å²) >= 11 is 0. The monoisotopic (exact) mass is 1760 g/mol. The number of nitrogen functional groups attached to an aromatic ring is 1. The van der Waals surface area contributed by atoms with Crippen LogP contribution < -0.4 is 59.1 Å². The molecular weight excluding hydrogens is 1670 g/mol. The quantitative estimate of drug-likeness (QED) is 0.00654. The molecule has 8 bridgehead atoms. The van der Waals surface area contributed by atoms with E-state index in [2.05, 4.69) is 84.7 Å². The van der Waals surface area contributed by atoms with Crippen molar-refractivity contribution < 1.29 is 108 Å². The molecular formula is C75H92N18O24S4. The first-order valence-corrected chi connectivity index (χ1v) is 43.7. The van der Waals surface area contributed by atoms with Gasteiger partial charge in [0.2, 0.25) is 41.4 Å². The topological polar surface area (TPSA) is 653 Å². The predicted molar refractivity (Wildman–Crippen MR) is 439 cm³/mol. The van der Waals surface area contributed by atoms with Gasteiger partial charge in [0.15, 0.2) is 22.7 Å². The molecule has 5 aromatic heterocycles. The zero-order valence-corrected chi connectivity index (χ0v) is 69.7. The number of carboxylic acid groups (broad SMARTS) is 2. The Kier molecular flexibility index (Phi) is 31.7. The number of nitrogens with zero attached hydrogens (tertiary/aromatic N) is 5. The molecule has 1 aliphatic carbocycles. The molecule has 46 heteroatoms. The summed E-state index contributed by atoms with van der Waals surface area (Å²) in [6, 6.07) is 4.51. The molecule has 650 valence electrons. The van der Waals surface area contributed by atoms with Crippen LogP contribution >= 0.6 is 21.6 Å². The number of esters is 1. The van der Waals surface area contributed by atoms with E-state index in [1.165, 1.54) is 37.4 Å². The van der Waals surface area contributed by atoms with Gasteiger partial charge in [0.1, 0.15) is 36.7 Å². The Labute approximate surface area is 698 Å². The van der Waals surface area contributed by atoms with Crippen LogP contribution in [-0.4, -0.2) is 240 Å². The third-order valence-corrected chi connectivity index (χ3v) is 24.0. The molecule has 1 unspecified atom stereocenters. The maximum absolute atomic E-state index is 14.7. The van der Waals surface area contributed by atoms with Crippen LogP contribution in [-0.2, 0) is 79.4 Å². The lowest BCUT2D eigenvalue weighted by atomic mass is 9.83. The van der Waals surface area contributed by atoms with Crippen LogP contribution in [0.5, 0.6) is 0 Å². The van der Waals surface area contributed by atoms with E-state index < -0.39 is 189 Å². The number of carbonyl (C=O) groups is 13. The molecule has 7 heterocycles. The van der Waals surface area contributed by atoms with Gasteiger partial charge in [-0.15, -0.1) is 0 Å². The maximum atomic E-state index is 14.7. The number of benzene rings is 1. The first-order valence-electron chi connectivity index (χ1n) is 38.0. The number of carbonyl (C=O) groups excluding carboxylic acids is 11. The van der Waals surface area contributed by atoms with Crippen molar-refractivity contribution in [2.24, 2.45) is 0 Å². The summed E-state index contributed by atoms with van der Waals surface area (Å²) in [4.78, 5) is 218. The average molecular weight is 1760 g/mol. The zero-order valence-electron chi connectivity index (χ0n) is 66.4. The fraction of sp³-hybridized carbons (Fsp3) is 0.453. The molecule has 1 aromatic carbocycles. The molecule has 42 nitrogen and oxygen atoms in total. The van der Waals surface area contributed by atoms with Crippen LogP contribution in [0, 0.1) is 13.8 Å². The van der Waals surface area contributed by atoms with E-state index in [1.807, 2.05) is 26.0 Å². The van der Waals surface area contributed by atoms with Crippen LogP contribution in [0.4, 0.5) is 16.4 Å². The highest BCUT2D eigenvalue weighted by Gasteiger charge is 2.46. The molecule has 0 radical (unpaired) electrons. The van der Waals surface area contributed by atoms with Crippen LogP contribution in [0.3, 0.4) is 0 Å². The summed E-state index contributed by atoms with van der Waals surface area (Å²) < 4.78 is 74.2. The number of nitrogens with two attached hydrogens (primary N) is 1. The van der Waals surface area contributed by atoms with E-state index in [0.29, 0.717) is 67.9 Å². The number of ether oxygens (including phenoxy) is 2. The van der Waals surface area contributed by atoms with Gasteiger partial charge < -0.3 is 83.2 Å². The van der Waals surface area contributed by atoms with E-state index >= 15 is 0 Å². The van der Waals surface area contributed by atoms with E-state index in [-0.39, 0.29) is 108 Å². The van der Waals surface area contributed by atoms with Gasteiger partial charge >= 0.3 is 24.0 Å². The molecule has 121 heavy (non-hydrogen) atoms. The van der Waals surface area contributed by atoms with Crippen LogP contribution in [0.2, 0.25) is 0 Å². The number of aromatic amines is 3. The second kappa shape index (κ2) is 41.3. The Hall–Kier alpha value is -12.0. The number of aryl methyl sites for hydroxylation is 2. The molecule has 6 aromatic rings. The summed E-state index contributed by atoms with van der Waals surface area (Å²) in [5.74, 6) is -16.3. The molecule has 3 aliphatic rings. The number of hydrogen-bond donors (Lipinski definition) is 17. The molecule has 0 saturated carbocycles. The van der Waals surface area contributed by atoms with Crippen molar-refractivity contribution in [3.8, 4) is 0 Å². The Morgan fingerprint density at radius 3 is 1.92 bits per heavy atom. The zero-order chi connectivity index (χ0) is 88.5. The van der Waals surface area contributed by atoms with Crippen molar-refractivity contribution in [3.05, 3.63) is 121 Å². The van der Waals surface area contributed by atoms with Crippen molar-refractivity contribution in [3.63, 3.8) is 0 Å². The lowest BCUT2D eigenvalue weighted by molar-refractivity contribution is -0.142. The highest BCUT2D eigenvalue weighted by atomic mass is 33.1. The summed E-state index contributed by atoms with van der Waals surface area (Å²) in [7, 11) is -6.02. The molecule has 0 saturated heterocycles. The minimum Gasteiger partial charge on any atom is -0.480 e. The van der Waals surface area contributed by atoms with Gasteiger partial charge in [0.05, 0.1) is 60.2 Å². The summed E-state index contributed by atoms with van der Waals surface area (Å²) in [5.41, 5.74) is 12.1. The van der Waals surface area contributed by atoms with Gasteiger partial charge in [-0.1, -0.05) is 42.4 Å². The SMILES string of the molecule is CC[C@H]1c2cc3[nH]c4c(c3C)C(=O)C(C(=O)OC)c4c3nc(cc4[nH]c(cc(n2)[C@@H]1C)c(C(C)=O)c4C)[C@@H](C)[C@@H]3CCC(=O)N[C@@H](CCC(=O)NCCS(=O)(=O)O)C(=O)NCCNC(=O)OCCSSC[C@H](NC(=O)[C@H](CC(=O)NCCS(=O)(=O)O)NC(=O)CC[C@H](NC(=O)c1ccc(NCc2cnc3nc(N)[nH]c(=O)c3n2)cc1)C(=O)O)C(=O)O. The Balaban J connectivity index is 0.779. The lowest BCUT2D eigenvalue weighted by Gasteiger charge is -2.21. The van der Waals surface area contributed by atoms with Crippen molar-refractivity contribution in [2.75, 3.05) is 74.0 Å². The molecule has 0 fully saturated rings. The molecule has 2 aliphatic heterocycles. The second-order valence-electron chi connectivity index (χ2n) is 28.6. The predicted octanol–water partition coefficient (Wildman–Crippen LogP) is 2.38. The van der Waals surface area contributed by atoms with Gasteiger partial charge in [-0.3, -0.25) is 76.8 Å². The standard InChI is InChI=1S/C75H92N18O24S4/c1-8-42-34(2)46-29-51-58(38(6)94)36(4)48(85-51)27-47-35(3)43(62(88-47)60-61(73(108)116-7)65(99)59-37(5)49(89-63(59)60)28-50(42)84-46)13-16-55(96)86-44(14-17-54(95)77-21-25-120(110,111)112)68(101)79-19-20-80-75(109)117-23-24-118-119-33-53(72(106)107)91-69(102)52(30-57(98)78-22-26-121(113,114)115)87-56(97)18-15-45(71(104)105)90-67(100)39-9-11-40(12-10-39)81-31-41-32-82-66-64(83-41)70(103)93-74(76)92-66/h9-12,27-29,32,34-35,42-45,52-53,61,81,85,89H,8,13-26,30-31,33H2,1-7H3,(H,77,95)(H,78,98)(H,79,101)(H,80,109)(H,86,96)(H,87,97)(H,90,100)(H,91,102)(H,104,105)(H,106,107)(H,110,111,112)(H,113,114,115)(H3,76,82,92,93,103)/t34-,35+,42-,43+,44+,45+,52+,53+,61?/m1/s1. The first-order chi connectivity index (χ1) is 57.2. The number of alkyl carbamates (subject to hydrolysis) is 1. The highest BCUT2D eigenvalue weighted by Crippen LogP contribution is 2.49. The lowest BCUT2D eigenvalue weighted by Crippen LogP contribution is -2.54. The fourth-order valence-corrected chi connectivity index (χ4v) is 16.7. The van der Waals surface area contributed by atoms with Gasteiger partial charge in [-0.05, 0) is 100 Å². The number of aromatic nitrogens is 8. The number of ketones is 2. The summed E-state index contributed by atoms with van der Waals surface area (Å²) in [6.45, 7) is 9.11. The Bertz CT molecular complexity index is 5530. The smallest absolute Gasteiger partial charge is 0.407 e. The number of fused-ring (bicyclic) bond motifs is 9. The van der Waals surface area contributed by atoms with E-state index in [0.717, 1.165) is 40.1 Å². The fourth-order valence-electron chi connectivity index (χ4n) is 14.0. The van der Waals surface area contributed by atoms with E-state index in [1.54, 1.807) is 19.9 Å². The van der Waals surface area contributed by atoms with Gasteiger partial charge in [0, 0.05) is 137 Å². The third-order valence-electron chi connectivity index (χ3n) is 20.2. The normalized spacial score (nSPS) is 16.4. The van der Waals surface area contributed by atoms with Gasteiger partial charge in [0.25, 0.3) is 31.7 Å². The minimum atomic E-state index is -4.57. The second-order valence-corrected chi connectivity index (χ2v) is 34.4. The number of amides is 8. The first kappa shape index (κ1) is 92.9.